The zero-order valence-corrected chi connectivity index (χ0v) is 8.94. The molecule has 1 rings (SSSR count). The van der Waals surface area contributed by atoms with Gasteiger partial charge in [-0.25, -0.2) is 0 Å². The van der Waals surface area contributed by atoms with Gasteiger partial charge < -0.3 is 4.42 Å². The Labute approximate surface area is 80.1 Å². The smallest absolute Gasteiger partial charge is 0.171 e. The Morgan fingerprint density at radius 2 is 2.08 bits per heavy atom. The van der Waals surface area contributed by atoms with Gasteiger partial charge in [0.15, 0.2) is 10.5 Å². The number of ketones is 1. The second-order valence-electron chi connectivity index (χ2n) is 3.72. The number of carbonyl (C=O) groups excluding carboxylic acids is 1. The molecule has 12 heavy (non-hydrogen) atoms. The average molecular weight is 231 g/mol. The van der Waals surface area contributed by atoms with Crippen LogP contribution in [0.5, 0.6) is 0 Å². The molecular weight excluding hydrogens is 220 g/mol. The Hall–Kier alpha value is -0.570. The minimum absolute atomic E-state index is 0.0944. The number of Topliss-reactive ketones (excluding diaryl/α,β-unsaturated/α-hetero) is 1. The Bertz CT molecular complexity index is 294. The van der Waals surface area contributed by atoms with Crippen molar-refractivity contribution in [2.75, 3.05) is 0 Å². The molecule has 0 unspecified atom stereocenters. The first-order chi connectivity index (χ1) is 5.41. The van der Waals surface area contributed by atoms with E-state index in [4.69, 9.17) is 4.42 Å². The molecule has 0 bridgehead atoms. The van der Waals surface area contributed by atoms with Crippen molar-refractivity contribution >= 4 is 21.7 Å². The van der Waals surface area contributed by atoms with Crippen molar-refractivity contribution in [3.63, 3.8) is 0 Å². The van der Waals surface area contributed by atoms with Gasteiger partial charge in [0, 0.05) is 11.5 Å². The van der Waals surface area contributed by atoms with Gasteiger partial charge in [0.1, 0.15) is 6.26 Å². The molecule has 2 nitrogen and oxygen atoms in total. The molecule has 0 aliphatic heterocycles. The number of halogens is 1. The van der Waals surface area contributed by atoms with E-state index in [1.165, 1.54) is 6.26 Å². The van der Waals surface area contributed by atoms with Crippen LogP contribution in [0.4, 0.5) is 0 Å². The number of hydrogen-bond acceptors (Lipinski definition) is 2. The van der Waals surface area contributed by atoms with Crippen LogP contribution in [0, 0.1) is 5.41 Å². The lowest BCUT2D eigenvalue weighted by Gasteiger charge is -2.14. The molecule has 1 heterocycles. The van der Waals surface area contributed by atoms with Gasteiger partial charge >= 0.3 is 0 Å². The van der Waals surface area contributed by atoms with E-state index in [1.807, 2.05) is 20.8 Å². The molecule has 3 heteroatoms. The minimum atomic E-state index is -0.344. The Morgan fingerprint density at radius 3 is 2.42 bits per heavy atom. The van der Waals surface area contributed by atoms with Crippen molar-refractivity contribution in [1.29, 1.82) is 0 Å². The summed E-state index contributed by atoms with van der Waals surface area (Å²) < 4.78 is 5.57. The molecule has 0 fully saturated rings. The van der Waals surface area contributed by atoms with Crippen LogP contribution in [0.25, 0.3) is 0 Å². The highest BCUT2D eigenvalue weighted by atomic mass is 79.9. The molecule has 0 N–H and O–H groups in total. The van der Waals surface area contributed by atoms with E-state index in [-0.39, 0.29) is 11.2 Å². The van der Waals surface area contributed by atoms with Crippen LogP contribution in [0.2, 0.25) is 0 Å². The maximum atomic E-state index is 11.6. The number of furan rings is 1. The Balaban J connectivity index is 2.93. The predicted molar refractivity (Wildman–Crippen MR) is 50.2 cm³/mol. The van der Waals surface area contributed by atoms with E-state index in [2.05, 4.69) is 15.9 Å². The molecular formula is C9H11BrO2. The Kier molecular flexibility index (Phi) is 2.42. The summed E-state index contributed by atoms with van der Waals surface area (Å²) in [6.45, 7) is 5.66. The maximum absolute atomic E-state index is 11.6. The lowest BCUT2D eigenvalue weighted by molar-refractivity contribution is 0.0857. The molecule has 0 atom stereocenters. The second-order valence-corrected chi connectivity index (χ2v) is 4.50. The standard InChI is InChI=1S/C9H11BrO2/c1-9(2,3)8(11)6-4-7(10)12-5-6/h4-5H,1-3H3. The van der Waals surface area contributed by atoms with Gasteiger partial charge in [-0.15, -0.1) is 0 Å². The molecule has 0 aromatic carbocycles. The van der Waals surface area contributed by atoms with Crippen LogP contribution < -0.4 is 0 Å². The SMILES string of the molecule is CC(C)(C)C(=O)c1coc(Br)c1. The topological polar surface area (TPSA) is 30.2 Å². The van der Waals surface area contributed by atoms with Crippen molar-refractivity contribution in [1.82, 2.24) is 0 Å². The van der Waals surface area contributed by atoms with Gasteiger partial charge in [0.25, 0.3) is 0 Å². The van der Waals surface area contributed by atoms with Crippen LogP contribution in [-0.4, -0.2) is 5.78 Å². The van der Waals surface area contributed by atoms with Gasteiger partial charge in [-0.2, -0.15) is 0 Å². The Morgan fingerprint density at radius 1 is 1.50 bits per heavy atom. The molecule has 0 radical (unpaired) electrons. The second kappa shape index (κ2) is 3.05. The first-order valence-electron chi connectivity index (χ1n) is 3.70. The zero-order chi connectivity index (χ0) is 9.35. The van der Waals surface area contributed by atoms with Crippen molar-refractivity contribution < 1.29 is 9.21 Å². The third-order valence-electron chi connectivity index (χ3n) is 1.51. The van der Waals surface area contributed by atoms with Crippen molar-refractivity contribution in [3.05, 3.63) is 22.6 Å². The summed E-state index contributed by atoms with van der Waals surface area (Å²) in [6, 6.07) is 1.69. The summed E-state index contributed by atoms with van der Waals surface area (Å²) in [6.07, 6.45) is 1.47. The molecule has 0 amide bonds. The van der Waals surface area contributed by atoms with Crippen LogP contribution in [0.3, 0.4) is 0 Å². The predicted octanol–water partition coefficient (Wildman–Crippen LogP) is 3.27. The van der Waals surface area contributed by atoms with Gasteiger partial charge in [0.05, 0.1) is 5.56 Å². The maximum Gasteiger partial charge on any atom is 0.171 e. The summed E-state index contributed by atoms with van der Waals surface area (Å²) in [7, 11) is 0. The minimum Gasteiger partial charge on any atom is -0.457 e. The van der Waals surface area contributed by atoms with Crippen molar-refractivity contribution in [2.24, 2.45) is 5.41 Å². The van der Waals surface area contributed by atoms with Crippen LogP contribution in [-0.2, 0) is 0 Å². The highest BCUT2D eigenvalue weighted by molar-refractivity contribution is 9.10. The summed E-state index contributed by atoms with van der Waals surface area (Å²) in [5, 5.41) is 0. The van der Waals surface area contributed by atoms with Crippen LogP contribution >= 0.6 is 15.9 Å². The molecule has 0 aliphatic rings. The summed E-state index contributed by atoms with van der Waals surface area (Å²) in [5.74, 6) is 0.0944. The van der Waals surface area contributed by atoms with Crippen LogP contribution in [0.1, 0.15) is 31.1 Å². The highest BCUT2D eigenvalue weighted by Crippen LogP contribution is 2.23. The molecule has 1 aromatic rings. The van der Waals surface area contributed by atoms with E-state index >= 15 is 0 Å². The molecule has 0 aliphatic carbocycles. The van der Waals surface area contributed by atoms with E-state index in [1.54, 1.807) is 6.07 Å². The van der Waals surface area contributed by atoms with Gasteiger partial charge in [-0.1, -0.05) is 20.8 Å². The summed E-state index contributed by atoms with van der Waals surface area (Å²) >= 11 is 3.15. The summed E-state index contributed by atoms with van der Waals surface area (Å²) in [4.78, 5) is 11.6. The normalized spacial score (nSPS) is 11.7. The van der Waals surface area contributed by atoms with Crippen molar-refractivity contribution in [2.45, 2.75) is 20.8 Å². The monoisotopic (exact) mass is 230 g/mol. The lowest BCUT2D eigenvalue weighted by atomic mass is 9.88. The van der Waals surface area contributed by atoms with E-state index in [0.717, 1.165) is 0 Å². The largest absolute Gasteiger partial charge is 0.457 e. The molecule has 1 aromatic heterocycles. The molecule has 0 saturated heterocycles. The fourth-order valence-electron chi connectivity index (χ4n) is 0.862. The third-order valence-corrected chi connectivity index (χ3v) is 1.93. The lowest BCUT2D eigenvalue weighted by Crippen LogP contribution is -2.19. The number of rotatable bonds is 1. The van der Waals surface area contributed by atoms with Gasteiger partial charge in [-0.05, 0) is 15.9 Å². The third kappa shape index (κ3) is 1.97. The number of hydrogen-bond donors (Lipinski definition) is 0. The highest BCUT2D eigenvalue weighted by Gasteiger charge is 2.24. The first-order valence-corrected chi connectivity index (χ1v) is 4.49. The molecule has 0 spiro atoms. The quantitative estimate of drug-likeness (QED) is 0.694. The number of carbonyl (C=O) groups is 1. The molecule has 0 saturated carbocycles. The molecule has 66 valence electrons. The summed E-state index contributed by atoms with van der Waals surface area (Å²) in [5.41, 5.74) is 0.276. The fourth-order valence-corrected chi connectivity index (χ4v) is 1.20. The average Bonchev–Trinajstić information content (AvgIpc) is 2.32. The first kappa shape index (κ1) is 9.52. The van der Waals surface area contributed by atoms with Crippen molar-refractivity contribution in [3.8, 4) is 0 Å². The van der Waals surface area contributed by atoms with Crippen LogP contribution in [0.15, 0.2) is 21.4 Å². The zero-order valence-electron chi connectivity index (χ0n) is 7.35. The van der Waals surface area contributed by atoms with E-state index < -0.39 is 0 Å². The fraction of sp³-hybridized carbons (Fsp3) is 0.444. The van der Waals surface area contributed by atoms with Gasteiger partial charge in [0.2, 0.25) is 0 Å². The van der Waals surface area contributed by atoms with Gasteiger partial charge in [-0.3, -0.25) is 4.79 Å². The van der Waals surface area contributed by atoms with E-state index in [9.17, 15) is 4.79 Å². The van der Waals surface area contributed by atoms with E-state index in [0.29, 0.717) is 10.2 Å².